The van der Waals surface area contributed by atoms with E-state index in [2.05, 4.69) is 24.9 Å². The Morgan fingerprint density at radius 2 is 2.18 bits per heavy atom. The standard InChI is InChI=1S/C14H21NO2/c1-10(9-17-3)15(2)13-8-11-6-4-5-7-12(11)14(13)16/h4-7,10,13-14,16H,8-9H2,1-3H3. The molecule has 3 atom stereocenters. The number of hydrogen-bond donors (Lipinski definition) is 1. The second kappa shape index (κ2) is 5.17. The molecule has 0 saturated carbocycles. The van der Waals surface area contributed by atoms with Crippen molar-refractivity contribution in [2.24, 2.45) is 0 Å². The van der Waals surface area contributed by atoms with Crippen molar-refractivity contribution in [3.05, 3.63) is 35.4 Å². The topological polar surface area (TPSA) is 32.7 Å². The maximum Gasteiger partial charge on any atom is 0.0951 e. The molecule has 0 fully saturated rings. The molecule has 1 aliphatic rings. The van der Waals surface area contributed by atoms with E-state index < -0.39 is 0 Å². The van der Waals surface area contributed by atoms with Crippen LogP contribution < -0.4 is 0 Å². The summed E-state index contributed by atoms with van der Waals surface area (Å²) < 4.78 is 5.17. The fraction of sp³-hybridized carbons (Fsp3) is 0.571. The number of ether oxygens (including phenoxy) is 1. The first-order valence-electron chi connectivity index (χ1n) is 6.12. The lowest BCUT2D eigenvalue weighted by Crippen LogP contribution is -2.43. The Bertz CT molecular complexity index is 380. The SMILES string of the molecule is COCC(C)N(C)C1Cc2ccccc2C1O. The van der Waals surface area contributed by atoms with Gasteiger partial charge in [0, 0.05) is 19.2 Å². The monoisotopic (exact) mass is 235 g/mol. The van der Waals surface area contributed by atoms with Crippen molar-refractivity contribution in [1.29, 1.82) is 0 Å². The van der Waals surface area contributed by atoms with E-state index in [9.17, 15) is 5.11 Å². The smallest absolute Gasteiger partial charge is 0.0951 e. The van der Waals surface area contributed by atoms with Crippen LogP contribution in [0.2, 0.25) is 0 Å². The third-order valence-electron chi connectivity index (χ3n) is 3.79. The fourth-order valence-corrected chi connectivity index (χ4v) is 2.61. The van der Waals surface area contributed by atoms with Crippen molar-refractivity contribution in [3.8, 4) is 0 Å². The zero-order valence-corrected chi connectivity index (χ0v) is 10.8. The summed E-state index contributed by atoms with van der Waals surface area (Å²) in [7, 11) is 3.77. The van der Waals surface area contributed by atoms with E-state index in [4.69, 9.17) is 4.74 Å². The molecule has 0 aliphatic heterocycles. The predicted molar refractivity (Wildman–Crippen MR) is 68.0 cm³/mol. The molecule has 0 saturated heterocycles. The second-order valence-corrected chi connectivity index (χ2v) is 4.88. The number of likely N-dealkylation sites (N-methyl/N-ethyl adjacent to an activating group) is 1. The summed E-state index contributed by atoms with van der Waals surface area (Å²) >= 11 is 0. The van der Waals surface area contributed by atoms with E-state index in [0.29, 0.717) is 12.6 Å². The molecule has 1 aliphatic carbocycles. The van der Waals surface area contributed by atoms with Crippen molar-refractivity contribution >= 4 is 0 Å². The average molecular weight is 235 g/mol. The van der Waals surface area contributed by atoms with Crippen LogP contribution in [-0.4, -0.2) is 42.9 Å². The van der Waals surface area contributed by atoms with Crippen molar-refractivity contribution in [2.75, 3.05) is 20.8 Å². The molecule has 0 aromatic heterocycles. The number of rotatable bonds is 4. The predicted octanol–water partition coefficient (Wildman–Crippen LogP) is 1.61. The number of hydrogen-bond acceptors (Lipinski definition) is 3. The van der Waals surface area contributed by atoms with Crippen LogP contribution in [0, 0.1) is 0 Å². The molecule has 0 heterocycles. The van der Waals surface area contributed by atoms with Crippen LogP contribution in [0.5, 0.6) is 0 Å². The molecular weight excluding hydrogens is 214 g/mol. The maximum absolute atomic E-state index is 10.3. The number of fused-ring (bicyclic) bond motifs is 1. The highest BCUT2D eigenvalue weighted by Gasteiger charge is 2.34. The van der Waals surface area contributed by atoms with Gasteiger partial charge in [-0.15, -0.1) is 0 Å². The van der Waals surface area contributed by atoms with Crippen molar-refractivity contribution < 1.29 is 9.84 Å². The van der Waals surface area contributed by atoms with Crippen molar-refractivity contribution in [3.63, 3.8) is 0 Å². The molecule has 0 radical (unpaired) electrons. The molecule has 0 amide bonds. The lowest BCUT2D eigenvalue weighted by Gasteiger charge is -2.32. The Balaban J connectivity index is 2.11. The Labute approximate surface area is 103 Å². The van der Waals surface area contributed by atoms with Crippen LogP contribution in [0.3, 0.4) is 0 Å². The quantitative estimate of drug-likeness (QED) is 0.860. The number of benzene rings is 1. The molecule has 1 N–H and O–H groups in total. The largest absolute Gasteiger partial charge is 0.387 e. The van der Waals surface area contributed by atoms with Gasteiger partial charge in [0.25, 0.3) is 0 Å². The van der Waals surface area contributed by atoms with Gasteiger partial charge in [-0.05, 0) is 31.5 Å². The third kappa shape index (κ3) is 2.37. The van der Waals surface area contributed by atoms with E-state index in [1.54, 1.807) is 7.11 Å². The van der Waals surface area contributed by atoms with E-state index in [-0.39, 0.29) is 12.1 Å². The first-order chi connectivity index (χ1) is 8.15. The van der Waals surface area contributed by atoms with Gasteiger partial charge < -0.3 is 9.84 Å². The third-order valence-corrected chi connectivity index (χ3v) is 3.79. The lowest BCUT2D eigenvalue weighted by molar-refractivity contribution is 0.0294. The molecular formula is C14H21NO2. The molecule has 1 aromatic rings. The zero-order valence-electron chi connectivity index (χ0n) is 10.8. The summed E-state index contributed by atoms with van der Waals surface area (Å²) in [5.74, 6) is 0. The maximum atomic E-state index is 10.3. The van der Waals surface area contributed by atoms with Gasteiger partial charge in [0.2, 0.25) is 0 Å². The van der Waals surface area contributed by atoms with E-state index in [1.807, 2.05) is 18.2 Å². The van der Waals surface area contributed by atoms with Crippen LogP contribution >= 0.6 is 0 Å². The van der Waals surface area contributed by atoms with Crippen molar-refractivity contribution in [2.45, 2.75) is 31.5 Å². The van der Waals surface area contributed by atoms with Gasteiger partial charge in [-0.1, -0.05) is 24.3 Å². The minimum absolute atomic E-state index is 0.164. The van der Waals surface area contributed by atoms with Crippen LogP contribution in [-0.2, 0) is 11.2 Å². The normalized spacial score (nSPS) is 25.0. The highest BCUT2D eigenvalue weighted by Crippen LogP contribution is 2.34. The molecule has 3 unspecified atom stereocenters. The Morgan fingerprint density at radius 1 is 1.47 bits per heavy atom. The van der Waals surface area contributed by atoms with Gasteiger partial charge in [-0.25, -0.2) is 0 Å². The minimum Gasteiger partial charge on any atom is -0.387 e. The summed E-state index contributed by atoms with van der Waals surface area (Å²) in [6.07, 6.45) is 0.539. The molecule has 17 heavy (non-hydrogen) atoms. The number of methoxy groups -OCH3 is 1. The lowest BCUT2D eigenvalue weighted by atomic mass is 10.1. The van der Waals surface area contributed by atoms with Crippen LogP contribution in [0.25, 0.3) is 0 Å². The number of nitrogens with zero attached hydrogens (tertiary/aromatic N) is 1. The molecule has 94 valence electrons. The molecule has 3 heteroatoms. The summed E-state index contributed by atoms with van der Waals surface area (Å²) in [6, 6.07) is 8.63. The zero-order chi connectivity index (χ0) is 12.4. The van der Waals surface area contributed by atoms with Gasteiger partial charge in [-0.3, -0.25) is 4.90 Å². The Kier molecular flexibility index (Phi) is 3.82. The Morgan fingerprint density at radius 3 is 2.82 bits per heavy atom. The molecule has 0 bridgehead atoms. The van der Waals surface area contributed by atoms with E-state index >= 15 is 0 Å². The van der Waals surface area contributed by atoms with Crippen LogP contribution in [0.1, 0.15) is 24.2 Å². The van der Waals surface area contributed by atoms with Gasteiger partial charge in [0.15, 0.2) is 0 Å². The molecule has 3 nitrogen and oxygen atoms in total. The van der Waals surface area contributed by atoms with E-state index in [0.717, 1.165) is 12.0 Å². The molecule has 1 aromatic carbocycles. The average Bonchev–Trinajstić information content (AvgIpc) is 2.67. The Hall–Kier alpha value is -0.900. The van der Waals surface area contributed by atoms with Gasteiger partial charge in [0.1, 0.15) is 0 Å². The van der Waals surface area contributed by atoms with Gasteiger partial charge in [-0.2, -0.15) is 0 Å². The number of aliphatic hydroxyl groups excluding tert-OH is 1. The molecule has 2 rings (SSSR count). The van der Waals surface area contributed by atoms with Gasteiger partial charge in [0.05, 0.1) is 12.7 Å². The van der Waals surface area contributed by atoms with E-state index in [1.165, 1.54) is 5.56 Å². The van der Waals surface area contributed by atoms with Crippen LogP contribution in [0.15, 0.2) is 24.3 Å². The van der Waals surface area contributed by atoms with Crippen molar-refractivity contribution in [1.82, 2.24) is 4.90 Å². The fourth-order valence-electron chi connectivity index (χ4n) is 2.61. The highest BCUT2D eigenvalue weighted by atomic mass is 16.5. The molecule has 0 spiro atoms. The summed E-state index contributed by atoms with van der Waals surface area (Å²) in [4.78, 5) is 2.22. The minimum atomic E-state index is -0.379. The number of aliphatic hydroxyl groups is 1. The van der Waals surface area contributed by atoms with Crippen LogP contribution in [0.4, 0.5) is 0 Å². The highest BCUT2D eigenvalue weighted by molar-refractivity contribution is 5.35. The summed E-state index contributed by atoms with van der Waals surface area (Å²) in [6.45, 7) is 2.81. The first kappa shape index (κ1) is 12.6. The summed E-state index contributed by atoms with van der Waals surface area (Å²) in [5, 5.41) is 10.3. The van der Waals surface area contributed by atoms with Gasteiger partial charge >= 0.3 is 0 Å². The summed E-state index contributed by atoms with van der Waals surface area (Å²) in [5.41, 5.74) is 2.34. The first-order valence-corrected chi connectivity index (χ1v) is 6.12. The second-order valence-electron chi connectivity index (χ2n) is 4.88.